The maximum atomic E-state index is 12.4. The van der Waals surface area contributed by atoms with Crippen molar-refractivity contribution in [3.8, 4) is 0 Å². The van der Waals surface area contributed by atoms with Gasteiger partial charge in [0.15, 0.2) is 5.96 Å². The lowest BCUT2D eigenvalue weighted by Gasteiger charge is -2.28. The number of aliphatic imine (C=N–C) groups is 1. The van der Waals surface area contributed by atoms with Crippen molar-refractivity contribution in [2.45, 2.75) is 32.7 Å². The quantitative estimate of drug-likeness (QED) is 0.652. The zero-order valence-electron chi connectivity index (χ0n) is 13.0. The Kier molecular flexibility index (Phi) is 4.50. The lowest BCUT2D eigenvalue weighted by Crippen LogP contribution is -2.45. The molecule has 0 fully saturated rings. The van der Waals surface area contributed by atoms with Crippen molar-refractivity contribution in [2.75, 3.05) is 19.6 Å². The molecule has 0 aromatic heterocycles. The van der Waals surface area contributed by atoms with Gasteiger partial charge in [0.25, 0.3) is 5.91 Å². The van der Waals surface area contributed by atoms with Gasteiger partial charge in [-0.3, -0.25) is 9.79 Å². The van der Waals surface area contributed by atoms with Crippen LogP contribution in [0, 0.1) is 0 Å². The second kappa shape index (κ2) is 6.16. The Hall–Kier alpha value is -2.04. The van der Waals surface area contributed by atoms with Gasteiger partial charge < -0.3 is 16.0 Å². The van der Waals surface area contributed by atoms with Gasteiger partial charge in [-0.1, -0.05) is 18.2 Å². The Morgan fingerprint density at radius 3 is 2.81 bits per heavy atom. The molecule has 5 heteroatoms. The van der Waals surface area contributed by atoms with E-state index in [0.717, 1.165) is 24.1 Å². The summed E-state index contributed by atoms with van der Waals surface area (Å²) in [5, 5.41) is 3.11. The predicted octanol–water partition coefficient (Wildman–Crippen LogP) is 1.39. The van der Waals surface area contributed by atoms with Crippen LogP contribution >= 0.6 is 0 Å². The highest BCUT2D eigenvalue weighted by atomic mass is 16.2. The van der Waals surface area contributed by atoms with E-state index in [4.69, 9.17) is 5.73 Å². The number of amides is 1. The highest BCUT2D eigenvalue weighted by Crippen LogP contribution is 2.18. The number of nitrogens with two attached hydrogens (primary N) is 1. The highest BCUT2D eigenvalue weighted by molar-refractivity contribution is 5.96. The summed E-state index contributed by atoms with van der Waals surface area (Å²) in [6.07, 6.45) is 0.904. The highest BCUT2D eigenvalue weighted by Gasteiger charge is 2.23. The lowest BCUT2D eigenvalue weighted by molar-refractivity contribution is 0.0745. The monoisotopic (exact) mass is 288 g/mol. The first-order valence-corrected chi connectivity index (χ1v) is 7.32. The van der Waals surface area contributed by atoms with Crippen molar-refractivity contribution in [2.24, 2.45) is 10.7 Å². The molecule has 0 unspecified atom stereocenters. The van der Waals surface area contributed by atoms with Crippen LogP contribution in [0.4, 0.5) is 0 Å². The maximum Gasteiger partial charge on any atom is 0.254 e. The molecule has 21 heavy (non-hydrogen) atoms. The largest absolute Gasteiger partial charge is 0.370 e. The predicted molar refractivity (Wildman–Crippen MR) is 85.4 cm³/mol. The van der Waals surface area contributed by atoms with Gasteiger partial charge in [0.2, 0.25) is 0 Å². The molecule has 0 bridgehead atoms. The molecule has 114 valence electrons. The molecule has 1 heterocycles. The molecule has 1 aromatic rings. The van der Waals surface area contributed by atoms with Crippen LogP contribution in [-0.4, -0.2) is 41.9 Å². The molecule has 0 aliphatic carbocycles. The summed E-state index contributed by atoms with van der Waals surface area (Å²) in [4.78, 5) is 18.5. The van der Waals surface area contributed by atoms with Crippen LogP contribution in [-0.2, 0) is 6.42 Å². The molecule has 1 amide bonds. The third-order valence-corrected chi connectivity index (χ3v) is 3.34. The molecule has 0 saturated carbocycles. The number of hydrogen-bond donors (Lipinski definition) is 2. The Balaban J connectivity index is 1.91. The number of fused-ring (bicyclic) bond motifs is 1. The molecule has 0 spiro atoms. The summed E-state index contributed by atoms with van der Waals surface area (Å²) >= 11 is 0. The van der Waals surface area contributed by atoms with Gasteiger partial charge in [-0.2, -0.15) is 0 Å². The smallest absolute Gasteiger partial charge is 0.254 e. The normalized spacial score (nSPS) is 15.9. The lowest BCUT2D eigenvalue weighted by atomic mass is 9.99. The summed E-state index contributed by atoms with van der Waals surface area (Å²) in [6, 6.07) is 7.80. The van der Waals surface area contributed by atoms with E-state index in [1.807, 2.05) is 49.9 Å². The maximum absolute atomic E-state index is 12.4. The van der Waals surface area contributed by atoms with Crippen LogP contribution in [0.15, 0.2) is 29.3 Å². The number of hydrogen-bond acceptors (Lipinski definition) is 2. The van der Waals surface area contributed by atoms with E-state index < -0.39 is 0 Å². The number of nitrogens with one attached hydrogen (secondary N) is 1. The minimum absolute atomic E-state index is 0.0920. The molecule has 5 nitrogen and oxygen atoms in total. The van der Waals surface area contributed by atoms with Crippen LogP contribution in [0.1, 0.15) is 36.7 Å². The molecule has 1 aliphatic rings. The van der Waals surface area contributed by atoms with E-state index in [0.29, 0.717) is 19.0 Å². The van der Waals surface area contributed by atoms with Gasteiger partial charge in [0.05, 0.1) is 6.54 Å². The first-order valence-electron chi connectivity index (χ1n) is 7.32. The topological polar surface area (TPSA) is 70.7 Å². The number of nitrogens with zero attached hydrogens (tertiary/aromatic N) is 2. The Morgan fingerprint density at radius 2 is 2.10 bits per heavy atom. The van der Waals surface area contributed by atoms with Gasteiger partial charge in [0, 0.05) is 24.2 Å². The minimum atomic E-state index is -0.104. The average molecular weight is 288 g/mol. The van der Waals surface area contributed by atoms with Gasteiger partial charge in [-0.25, -0.2) is 0 Å². The third kappa shape index (κ3) is 4.21. The van der Waals surface area contributed by atoms with Crippen molar-refractivity contribution >= 4 is 11.9 Å². The van der Waals surface area contributed by atoms with Gasteiger partial charge >= 0.3 is 0 Å². The molecule has 1 aliphatic heterocycles. The van der Waals surface area contributed by atoms with Crippen molar-refractivity contribution in [3.05, 3.63) is 35.4 Å². The molecule has 2 rings (SSSR count). The zero-order valence-corrected chi connectivity index (χ0v) is 13.0. The number of guanidine groups is 1. The van der Waals surface area contributed by atoms with Crippen LogP contribution in [0.25, 0.3) is 0 Å². The van der Waals surface area contributed by atoms with Crippen molar-refractivity contribution in [1.29, 1.82) is 0 Å². The summed E-state index contributed by atoms with van der Waals surface area (Å²) in [7, 11) is 0. The zero-order chi connectivity index (χ0) is 15.5. The van der Waals surface area contributed by atoms with Gasteiger partial charge in [-0.05, 0) is 38.8 Å². The molecule has 0 radical (unpaired) electrons. The van der Waals surface area contributed by atoms with Crippen molar-refractivity contribution in [1.82, 2.24) is 10.2 Å². The van der Waals surface area contributed by atoms with Crippen LogP contribution in [0.3, 0.4) is 0 Å². The van der Waals surface area contributed by atoms with E-state index in [9.17, 15) is 4.79 Å². The first-order chi connectivity index (χ1) is 9.87. The SMILES string of the molecule is CC(C)(C)NC(N)=NCCN1CCc2ccccc2C1=O. The molecular formula is C16H24N4O. The summed E-state index contributed by atoms with van der Waals surface area (Å²) in [6.45, 7) is 7.95. The van der Waals surface area contributed by atoms with E-state index in [-0.39, 0.29) is 11.4 Å². The van der Waals surface area contributed by atoms with E-state index in [2.05, 4.69) is 10.3 Å². The fraction of sp³-hybridized carbons (Fsp3) is 0.500. The summed E-state index contributed by atoms with van der Waals surface area (Å²) in [5.74, 6) is 0.516. The van der Waals surface area contributed by atoms with E-state index in [1.54, 1.807) is 0 Å². The molecule has 0 atom stereocenters. The summed E-state index contributed by atoms with van der Waals surface area (Å²) in [5.41, 5.74) is 7.67. The van der Waals surface area contributed by atoms with E-state index in [1.165, 1.54) is 0 Å². The number of carbonyl (C=O) groups is 1. The van der Waals surface area contributed by atoms with Crippen LogP contribution < -0.4 is 11.1 Å². The fourth-order valence-corrected chi connectivity index (χ4v) is 2.40. The third-order valence-electron chi connectivity index (χ3n) is 3.34. The van der Waals surface area contributed by atoms with Crippen molar-refractivity contribution < 1.29 is 4.79 Å². The number of benzene rings is 1. The van der Waals surface area contributed by atoms with Crippen LogP contribution in [0.2, 0.25) is 0 Å². The first kappa shape index (κ1) is 15.4. The fourth-order valence-electron chi connectivity index (χ4n) is 2.40. The second-order valence-corrected chi connectivity index (χ2v) is 6.34. The molecule has 0 saturated heterocycles. The molecule has 1 aromatic carbocycles. The van der Waals surface area contributed by atoms with E-state index >= 15 is 0 Å². The summed E-state index contributed by atoms with van der Waals surface area (Å²) < 4.78 is 0. The van der Waals surface area contributed by atoms with Crippen molar-refractivity contribution in [3.63, 3.8) is 0 Å². The Labute approximate surface area is 126 Å². The average Bonchev–Trinajstić information content (AvgIpc) is 2.40. The number of carbonyl (C=O) groups excluding carboxylic acids is 1. The second-order valence-electron chi connectivity index (χ2n) is 6.34. The van der Waals surface area contributed by atoms with Crippen LogP contribution in [0.5, 0.6) is 0 Å². The number of rotatable bonds is 3. The minimum Gasteiger partial charge on any atom is -0.370 e. The van der Waals surface area contributed by atoms with Gasteiger partial charge in [0.1, 0.15) is 0 Å². The Morgan fingerprint density at radius 1 is 1.38 bits per heavy atom. The molecular weight excluding hydrogens is 264 g/mol. The Bertz CT molecular complexity index is 545. The standard InChI is InChI=1S/C16H24N4O/c1-16(2,3)19-15(17)18-9-11-20-10-8-12-6-4-5-7-13(12)14(20)21/h4-7H,8-11H2,1-3H3,(H3,17,18,19). The van der Waals surface area contributed by atoms with Gasteiger partial charge in [-0.15, -0.1) is 0 Å². The molecule has 3 N–H and O–H groups in total.